The zero-order valence-electron chi connectivity index (χ0n) is 18.8. The number of aromatic nitrogens is 2. The Labute approximate surface area is 199 Å². The van der Waals surface area contributed by atoms with Gasteiger partial charge in [0.25, 0.3) is 5.91 Å². The molecule has 0 saturated carbocycles. The number of benzene rings is 1. The number of hydrogen-bond donors (Lipinski definition) is 3. The lowest BCUT2D eigenvalue weighted by Crippen LogP contribution is -2.43. The van der Waals surface area contributed by atoms with Crippen molar-refractivity contribution < 1.29 is 18.3 Å². The molecule has 1 aliphatic rings. The van der Waals surface area contributed by atoms with Crippen LogP contribution >= 0.6 is 11.3 Å². The molecular weight excluding hydrogens is 462 g/mol. The molecule has 0 spiro atoms. The number of carbonyl (C=O) groups excluding carboxylic acids is 1. The van der Waals surface area contributed by atoms with Crippen molar-refractivity contribution in [3.63, 3.8) is 0 Å². The second kappa shape index (κ2) is 9.90. The summed E-state index contributed by atoms with van der Waals surface area (Å²) in [6.45, 7) is 4.92. The number of anilines is 3. The average molecular weight is 489 g/mol. The number of halogens is 2. The lowest BCUT2D eigenvalue weighted by Gasteiger charge is -2.33. The second-order valence-electron chi connectivity index (χ2n) is 8.33. The minimum atomic E-state index is -0.898. The van der Waals surface area contributed by atoms with E-state index >= 15 is 0 Å². The molecular formula is C23H26F2N6O2S. The topological polar surface area (TPSA) is 119 Å². The van der Waals surface area contributed by atoms with Gasteiger partial charge in [0, 0.05) is 25.3 Å². The molecule has 1 fully saturated rings. The third-order valence-electron chi connectivity index (χ3n) is 5.35. The lowest BCUT2D eigenvalue weighted by atomic mass is 10.1. The van der Waals surface area contributed by atoms with Gasteiger partial charge in [-0.05, 0) is 44.9 Å². The first-order valence-corrected chi connectivity index (χ1v) is 11.7. The lowest BCUT2D eigenvalue weighted by molar-refractivity contribution is 0.102. The Balaban J connectivity index is 1.62. The SMILES string of the molecule is CC(C)Oc1ccc(F)c(-c2nc(C(=O)Nc3cnccc3N3CCCC(N)C3)c(N)s2)c1F. The summed E-state index contributed by atoms with van der Waals surface area (Å²) in [6, 6.07) is 4.16. The Kier molecular flexibility index (Phi) is 6.94. The molecule has 5 N–H and O–H groups in total. The van der Waals surface area contributed by atoms with Gasteiger partial charge in [0.2, 0.25) is 0 Å². The van der Waals surface area contributed by atoms with Crippen LogP contribution in [0.5, 0.6) is 5.75 Å². The number of rotatable bonds is 6. The molecule has 1 aromatic carbocycles. The van der Waals surface area contributed by atoms with E-state index in [-0.39, 0.29) is 33.6 Å². The quantitative estimate of drug-likeness (QED) is 0.479. The van der Waals surface area contributed by atoms with E-state index in [4.69, 9.17) is 16.2 Å². The highest BCUT2D eigenvalue weighted by Gasteiger charge is 2.25. The summed E-state index contributed by atoms with van der Waals surface area (Å²) in [5.74, 6) is -2.44. The number of nitrogen functional groups attached to an aromatic ring is 1. The number of ether oxygens (including phenoxy) is 1. The molecule has 8 nitrogen and oxygen atoms in total. The van der Waals surface area contributed by atoms with E-state index in [1.54, 1.807) is 26.1 Å². The Bertz CT molecular complexity index is 1200. The summed E-state index contributed by atoms with van der Waals surface area (Å²) < 4.78 is 34.9. The highest BCUT2D eigenvalue weighted by Crippen LogP contribution is 2.37. The van der Waals surface area contributed by atoms with Gasteiger partial charge in [0.15, 0.2) is 17.3 Å². The van der Waals surface area contributed by atoms with Gasteiger partial charge >= 0.3 is 0 Å². The number of carbonyl (C=O) groups is 1. The predicted octanol–water partition coefficient (Wildman–Crippen LogP) is 4.03. The Hall–Kier alpha value is -3.31. The molecule has 0 aliphatic carbocycles. The van der Waals surface area contributed by atoms with Crippen molar-refractivity contribution in [1.29, 1.82) is 0 Å². The van der Waals surface area contributed by atoms with Gasteiger partial charge in [-0.15, -0.1) is 0 Å². The number of piperidine rings is 1. The Morgan fingerprint density at radius 1 is 1.32 bits per heavy atom. The molecule has 1 amide bonds. The molecule has 3 heterocycles. The van der Waals surface area contributed by atoms with Crippen LogP contribution in [0, 0.1) is 11.6 Å². The van der Waals surface area contributed by atoms with Crippen molar-refractivity contribution in [3.05, 3.63) is 47.9 Å². The number of nitrogens with two attached hydrogens (primary N) is 2. The van der Waals surface area contributed by atoms with Crippen LogP contribution in [0.4, 0.5) is 25.2 Å². The first-order valence-electron chi connectivity index (χ1n) is 10.9. The largest absolute Gasteiger partial charge is 0.488 e. The van der Waals surface area contributed by atoms with Crippen molar-refractivity contribution in [2.75, 3.05) is 29.0 Å². The van der Waals surface area contributed by atoms with Crippen LogP contribution in [0.25, 0.3) is 10.6 Å². The molecule has 1 atom stereocenters. The smallest absolute Gasteiger partial charge is 0.277 e. The summed E-state index contributed by atoms with van der Waals surface area (Å²) in [7, 11) is 0. The van der Waals surface area contributed by atoms with E-state index in [9.17, 15) is 13.6 Å². The van der Waals surface area contributed by atoms with E-state index in [2.05, 4.69) is 20.2 Å². The molecule has 1 aliphatic heterocycles. The first kappa shape index (κ1) is 23.8. The minimum absolute atomic E-state index is 0.0342. The Morgan fingerprint density at radius 2 is 2.12 bits per heavy atom. The number of thiazole rings is 1. The van der Waals surface area contributed by atoms with E-state index in [1.807, 2.05) is 0 Å². The highest BCUT2D eigenvalue weighted by molar-refractivity contribution is 7.19. The number of nitrogens with one attached hydrogen (secondary N) is 1. The molecule has 0 bridgehead atoms. The normalized spacial score (nSPS) is 16.1. The summed E-state index contributed by atoms with van der Waals surface area (Å²) >= 11 is 0.823. The number of hydrogen-bond acceptors (Lipinski definition) is 8. The van der Waals surface area contributed by atoms with Crippen molar-refractivity contribution in [2.24, 2.45) is 5.73 Å². The van der Waals surface area contributed by atoms with E-state index < -0.39 is 23.1 Å². The zero-order chi connectivity index (χ0) is 24.4. The standard InChI is InChI=1S/C23H26F2N6O2S/c1-12(2)33-17-6-5-14(24)18(19(17)25)23-30-20(21(27)34-23)22(32)29-15-10-28-8-7-16(15)31-9-3-4-13(26)11-31/h5-8,10,12-13H,3-4,9,11,26-27H2,1-2H3,(H,29,32). The maximum atomic E-state index is 15.0. The molecule has 3 aromatic rings. The van der Waals surface area contributed by atoms with Crippen molar-refractivity contribution in [2.45, 2.75) is 38.8 Å². The molecule has 4 rings (SSSR count). The molecule has 11 heteroatoms. The number of amides is 1. The van der Waals surface area contributed by atoms with Crippen LogP contribution in [-0.4, -0.2) is 41.1 Å². The van der Waals surface area contributed by atoms with Crippen LogP contribution in [0.1, 0.15) is 37.2 Å². The summed E-state index contributed by atoms with van der Waals surface area (Å²) in [4.78, 5) is 23.4. The third kappa shape index (κ3) is 4.95. The number of nitrogens with zero attached hydrogens (tertiary/aromatic N) is 3. The fourth-order valence-corrected chi connectivity index (χ4v) is 4.71. The molecule has 1 saturated heterocycles. The highest BCUT2D eigenvalue weighted by atomic mass is 32.1. The van der Waals surface area contributed by atoms with Crippen molar-refractivity contribution in [1.82, 2.24) is 9.97 Å². The Morgan fingerprint density at radius 3 is 2.85 bits per heavy atom. The average Bonchev–Trinajstić information content (AvgIpc) is 3.17. The van der Waals surface area contributed by atoms with Gasteiger partial charge in [-0.1, -0.05) is 11.3 Å². The van der Waals surface area contributed by atoms with Crippen LogP contribution < -0.4 is 26.4 Å². The summed E-state index contributed by atoms with van der Waals surface area (Å²) in [6.07, 6.45) is 4.74. The molecule has 34 heavy (non-hydrogen) atoms. The van der Waals surface area contributed by atoms with E-state index in [0.29, 0.717) is 12.2 Å². The van der Waals surface area contributed by atoms with Crippen LogP contribution in [0.15, 0.2) is 30.6 Å². The molecule has 0 radical (unpaired) electrons. The van der Waals surface area contributed by atoms with Crippen LogP contribution in [0.2, 0.25) is 0 Å². The number of pyridine rings is 1. The van der Waals surface area contributed by atoms with Crippen molar-refractivity contribution in [3.8, 4) is 16.3 Å². The van der Waals surface area contributed by atoms with Crippen LogP contribution in [0.3, 0.4) is 0 Å². The van der Waals surface area contributed by atoms with Gasteiger partial charge in [0.05, 0.1) is 29.2 Å². The van der Waals surface area contributed by atoms with Crippen molar-refractivity contribution >= 4 is 33.6 Å². The maximum Gasteiger partial charge on any atom is 0.277 e. The summed E-state index contributed by atoms with van der Waals surface area (Å²) in [5.41, 5.74) is 12.9. The van der Waals surface area contributed by atoms with Gasteiger partial charge in [-0.2, -0.15) is 0 Å². The summed E-state index contributed by atoms with van der Waals surface area (Å²) in [5, 5.41) is 2.76. The van der Waals surface area contributed by atoms with Gasteiger partial charge in [-0.3, -0.25) is 9.78 Å². The van der Waals surface area contributed by atoms with Gasteiger partial charge in [0.1, 0.15) is 15.8 Å². The molecule has 180 valence electrons. The monoisotopic (exact) mass is 488 g/mol. The van der Waals surface area contributed by atoms with E-state index in [1.165, 1.54) is 12.3 Å². The maximum absolute atomic E-state index is 15.0. The predicted molar refractivity (Wildman–Crippen MR) is 129 cm³/mol. The van der Waals surface area contributed by atoms with Crippen LogP contribution in [-0.2, 0) is 0 Å². The minimum Gasteiger partial charge on any atom is -0.488 e. The molecule has 2 aromatic heterocycles. The fraction of sp³-hybridized carbons (Fsp3) is 0.348. The second-order valence-corrected chi connectivity index (χ2v) is 9.36. The van der Waals surface area contributed by atoms with Gasteiger partial charge in [-0.25, -0.2) is 13.8 Å². The first-order chi connectivity index (χ1) is 16.2. The zero-order valence-corrected chi connectivity index (χ0v) is 19.7. The fourth-order valence-electron chi connectivity index (χ4n) is 3.85. The van der Waals surface area contributed by atoms with Gasteiger partial charge < -0.3 is 26.4 Å². The van der Waals surface area contributed by atoms with E-state index in [0.717, 1.165) is 42.5 Å². The molecule has 1 unspecified atom stereocenters. The third-order valence-corrected chi connectivity index (χ3v) is 6.25.